The molecule has 1 aromatic carbocycles. The van der Waals surface area contributed by atoms with E-state index in [1.165, 1.54) is 0 Å². The number of benzene rings is 1. The number of nitrogens with one attached hydrogen (secondary N) is 3. The van der Waals surface area contributed by atoms with Gasteiger partial charge in [-0.1, -0.05) is 32.0 Å². The number of para-hydroxylation sites is 1. The Morgan fingerprint density at radius 3 is 2.65 bits per heavy atom. The molecular formula is C26H36N4O4. The van der Waals surface area contributed by atoms with Crippen LogP contribution in [0.1, 0.15) is 71.2 Å². The van der Waals surface area contributed by atoms with Crippen LogP contribution in [-0.4, -0.2) is 52.0 Å². The van der Waals surface area contributed by atoms with Gasteiger partial charge in [0.15, 0.2) is 0 Å². The lowest BCUT2D eigenvalue weighted by molar-refractivity contribution is -0.154. The molecule has 1 saturated heterocycles. The molecule has 2 aliphatic rings. The fraction of sp³-hybridized carbons (Fsp3) is 0.577. The number of piperazine rings is 1. The SMILES string of the molecule is CC(C)C1c2[nH]c3ccccc3c2C[C@H]2C(=O)NC(CCCCNC(=O)OC(C)(C)C)C(=O)N12. The second-order valence-corrected chi connectivity index (χ2v) is 10.7. The van der Waals surface area contributed by atoms with Crippen molar-refractivity contribution in [3.05, 3.63) is 35.5 Å². The van der Waals surface area contributed by atoms with Gasteiger partial charge in [-0.3, -0.25) is 9.59 Å². The number of carbonyl (C=O) groups excluding carboxylic acids is 3. The first-order valence-electron chi connectivity index (χ1n) is 12.3. The van der Waals surface area contributed by atoms with Crippen molar-refractivity contribution in [1.29, 1.82) is 0 Å². The van der Waals surface area contributed by atoms with Crippen molar-refractivity contribution in [1.82, 2.24) is 20.5 Å². The Bertz CT molecular complexity index is 1080. The van der Waals surface area contributed by atoms with Crippen LogP contribution in [0.5, 0.6) is 0 Å². The van der Waals surface area contributed by atoms with Crippen LogP contribution in [0.2, 0.25) is 0 Å². The van der Waals surface area contributed by atoms with E-state index < -0.39 is 23.8 Å². The van der Waals surface area contributed by atoms with Gasteiger partial charge >= 0.3 is 6.09 Å². The molecule has 184 valence electrons. The number of carbonyl (C=O) groups is 3. The van der Waals surface area contributed by atoms with E-state index in [9.17, 15) is 14.4 Å². The highest BCUT2D eigenvalue weighted by Gasteiger charge is 2.48. The average Bonchev–Trinajstić information content (AvgIpc) is 3.12. The first-order chi connectivity index (χ1) is 16.1. The number of rotatable bonds is 6. The molecule has 0 saturated carbocycles. The fourth-order valence-corrected chi connectivity index (χ4v) is 5.17. The van der Waals surface area contributed by atoms with E-state index in [0.29, 0.717) is 32.2 Å². The molecule has 0 aliphatic carbocycles. The van der Waals surface area contributed by atoms with Crippen molar-refractivity contribution in [2.24, 2.45) is 5.92 Å². The summed E-state index contributed by atoms with van der Waals surface area (Å²) in [4.78, 5) is 43.9. The maximum Gasteiger partial charge on any atom is 0.407 e. The molecule has 0 radical (unpaired) electrons. The van der Waals surface area contributed by atoms with E-state index in [4.69, 9.17) is 4.74 Å². The number of H-pyrrole nitrogens is 1. The number of amides is 3. The number of aromatic amines is 1. The zero-order valence-electron chi connectivity index (χ0n) is 20.7. The predicted molar refractivity (Wildman–Crippen MR) is 130 cm³/mol. The van der Waals surface area contributed by atoms with Crippen molar-refractivity contribution in [2.45, 2.75) is 84.0 Å². The number of hydrogen-bond acceptors (Lipinski definition) is 4. The largest absolute Gasteiger partial charge is 0.444 e. The Balaban J connectivity index is 1.44. The summed E-state index contributed by atoms with van der Waals surface area (Å²) in [7, 11) is 0. The summed E-state index contributed by atoms with van der Waals surface area (Å²) in [6.07, 6.45) is 2.01. The van der Waals surface area contributed by atoms with Gasteiger partial charge < -0.3 is 25.3 Å². The zero-order valence-corrected chi connectivity index (χ0v) is 20.7. The van der Waals surface area contributed by atoms with Crippen LogP contribution < -0.4 is 10.6 Å². The third-order valence-corrected chi connectivity index (χ3v) is 6.57. The molecule has 3 amide bonds. The molecule has 1 fully saturated rings. The molecule has 3 atom stereocenters. The van der Waals surface area contributed by atoms with E-state index in [1.54, 1.807) is 0 Å². The quantitative estimate of drug-likeness (QED) is 0.561. The normalized spacial score (nSPS) is 22.4. The van der Waals surface area contributed by atoms with E-state index >= 15 is 0 Å². The number of ether oxygens (including phenoxy) is 1. The van der Waals surface area contributed by atoms with Crippen molar-refractivity contribution >= 4 is 28.8 Å². The lowest BCUT2D eigenvalue weighted by Gasteiger charge is -2.47. The standard InChI is InChI=1S/C26H36N4O4/c1-15(2)22-21-17(16-10-6-7-11-18(16)28-21)14-20-23(31)29-19(24(32)30(20)22)12-8-9-13-27-25(33)34-26(3,4)5/h6-7,10-11,15,19-20,22,28H,8-9,12-14H2,1-5H3,(H,27,33)(H,29,31)/t19?,20-,22?/m0/s1. The number of hydrogen-bond donors (Lipinski definition) is 3. The van der Waals surface area contributed by atoms with Gasteiger partial charge in [0.05, 0.1) is 6.04 Å². The number of nitrogens with zero attached hydrogens (tertiary/aromatic N) is 1. The summed E-state index contributed by atoms with van der Waals surface area (Å²) >= 11 is 0. The molecule has 2 unspecified atom stereocenters. The summed E-state index contributed by atoms with van der Waals surface area (Å²) in [5.74, 6) is 0.0499. The van der Waals surface area contributed by atoms with Gasteiger partial charge in [-0.2, -0.15) is 0 Å². The summed E-state index contributed by atoms with van der Waals surface area (Å²) < 4.78 is 5.24. The van der Waals surface area contributed by atoms with Gasteiger partial charge in [0, 0.05) is 29.6 Å². The van der Waals surface area contributed by atoms with Crippen molar-refractivity contribution in [2.75, 3.05) is 6.54 Å². The minimum atomic E-state index is -0.544. The molecule has 1 aromatic heterocycles. The summed E-state index contributed by atoms with van der Waals surface area (Å²) in [6, 6.07) is 6.92. The molecule has 0 spiro atoms. The highest BCUT2D eigenvalue weighted by molar-refractivity contribution is 5.99. The Morgan fingerprint density at radius 2 is 1.94 bits per heavy atom. The third-order valence-electron chi connectivity index (χ3n) is 6.57. The number of unbranched alkanes of at least 4 members (excludes halogenated alkanes) is 1. The maximum atomic E-state index is 13.6. The average molecular weight is 469 g/mol. The summed E-state index contributed by atoms with van der Waals surface area (Å²) in [5.41, 5.74) is 2.70. The number of aromatic nitrogens is 1. The van der Waals surface area contributed by atoms with E-state index in [2.05, 4.69) is 35.5 Å². The Morgan fingerprint density at radius 1 is 1.21 bits per heavy atom. The maximum absolute atomic E-state index is 13.6. The van der Waals surface area contributed by atoms with Gasteiger partial charge in [0.1, 0.15) is 17.7 Å². The Hall–Kier alpha value is -3.03. The van der Waals surface area contributed by atoms with Gasteiger partial charge in [0.2, 0.25) is 11.8 Å². The van der Waals surface area contributed by atoms with Crippen LogP contribution in [0.4, 0.5) is 4.79 Å². The van der Waals surface area contributed by atoms with E-state index in [-0.39, 0.29) is 23.8 Å². The second-order valence-electron chi connectivity index (χ2n) is 10.7. The highest BCUT2D eigenvalue weighted by Crippen LogP contribution is 2.42. The van der Waals surface area contributed by atoms with Gasteiger partial charge in [-0.05, 0) is 57.6 Å². The molecule has 3 heterocycles. The van der Waals surface area contributed by atoms with Crippen LogP contribution in [0.25, 0.3) is 10.9 Å². The van der Waals surface area contributed by atoms with Gasteiger partial charge in [-0.25, -0.2) is 4.79 Å². The molecule has 0 bridgehead atoms. The Labute approximate surface area is 200 Å². The minimum Gasteiger partial charge on any atom is -0.444 e. The second kappa shape index (κ2) is 9.31. The topological polar surface area (TPSA) is 104 Å². The first-order valence-corrected chi connectivity index (χ1v) is 12.3. The zero-order chi connectivity index (χ0) is 24.6. The minimum absolute atomic E-state index is 0.0206. The molecule has 34 heavy (non-hydrogen) atoms. The molecule has 8 nitrogen and oxygen atoms in total. The highest BCUT2D eigenvalue weighted by atomic mass is 16.6. The van der Waals surface area contributed by atoms with Crippen LogP contribution in [0.15, 0.2) is 24.3 Å². The van der Waals surface area contributed by atoms with Gasteiger partial charge in [-0.15, -0.1) is 0 Å². The van der Waals surface area contributed by atoms with Crippen molar-refractivity contribution in [3.8, 4) is 0 Å². The molecule has 2 aliphatic heterocycles. The summed E-state index contributed by atoms with van der Waals surface area (Å²) in [5, 5.41) is 6.84. The summed E-state index contributed by atoms with van der Waals surface area (Å²) in [6.45, 7) is 10.1. The number of alkyl carbamates (subject to hydrolysis) is 1. The smallest absolute Gasteiger partial charge is 0.407 e. The van der Waals surface area contributed by atoms with Crippen LogP contribution >= 0.6 is 0 Å². The predicted octanol–water partition coefficient (Wildman–Crippen LogP) is 3.81. The first kappa shape index (κ1) is 24.1. The molecule has 4 rings (SSSR count). The molecular weight excluding hydrogens is 432 g/mol. The van der Waals surface area contributed by atoms with Crippen LogP contribution in [0, 0.1) is 5.92 Å². The van der Waals surface area contributed by atoms with Gasteiger partial charge in [0.25, 0.3) is 0 Å². The van der Waals surface area contributed by atoms with E-state index in [0.717, 1.165) is 22.2 Å². The number of fused-ring (bicyclic) bond motifs is 4. The lowest BCUT2D eigenvalue weighted by Crippen LogP contribution is -2.66. The molecule has 2 aromatic rings. The molecule has 3 N–H and O–H groups in total. The van der Waals surface area contributed by atoms with E-state index in [1.807, 2.05) is 43.9 Å². The van der Waals surface area contributed by atoms with Crippen LogP contribution in [0.3, 0.4) is 0 Å². The van der Waals surface area contributed by atoms with Crippen molar-refractivity contribution in [3.63, 3.8) is 0 Å². The fourth-order valence-electron chi connectivity index (χ4n) is 5.17. The monoisotopic (exact) mass is 468 g/mol. The van der Waals surface area contributed by atoms with Crippen LogP contribution in [-0.2, 0) is 20.7 Å². The molecule has 8 heteroatoms. The Kier molecular flexibility index (Phi) is 6.60. The van der Waals surface area contributed by atoms with Crippen molar-refractivity contribution < 1.29 is 19.1 Å². The lowest BCUT2D eigenvalue weighted by atomic mass is 9.84. The third kappa shape index (κ3) is 4.76.